The number of amides is 2. The van der Waals surface area contributed by atoms with E-state index in [1.165, 1.54) is 4.90 Å². The van der Waals surface area contributed by atoms with Crippen molar-refractivity contribution in [1.29, 1.82) is 0 Å². The maximum atomic E-state index is 11.7. The molecule has 2 atom stereocenters. The van der Waals surface area contributed by atoms with E-state index >= 15 is 0 Å². The minimum Gasteiger partial charge on any atom is -0.376 e. The maximum Gasteiger partial charge on any atom is 0.315 e. The Labute approximate surface area is 124 Å². The molecule has 1 aromatic rings. The molecule has 110 valence electrons. The average Bonchev–Trinajstić information content (AvgIpc) is 2.99. The fourth-order valence-electron chi connectivity index (χ4n) is 2.20. The summed E-state index contributed by atoms with van der Waals surface area (Å²) < 4.78 is 5.55. The minimum atomic E-state index is -0.110. The summed E-state index contributed by atoms with van der Waals surface area (Å²) >= 11 is 1.74. The van der Waals surface area contributed by atoms with Crippen molar-refractivity contribution in [3.05, 3.63) is 30.3 Å². The molecule has 2 amide bonds. The lowest BCUT2D eigenvalue weighted by Gasteiger charge is -2.20. The molecule has 0 aromatic heterocycles. The molecule has 1 aliphatic heterocycles. The number of hydrogen-bond acceptors (Lipinski definition) is 3. The van der Waals surface area contributed by atoms with Crippen LogP contribution in [0.1, 0.15) is 19.8 Å². The predicted molar refractivity (Wildman–Crippen MR) is 82.1 cm³/mol. The number of hydrogen-bond donors (Lipinski definition) is 2. The monoisotopic (exact) mass is 294 g/mol. The number of carbonyl (C=O) groups excluding carboxylic acids is 1. The van der Waals surface area contributed by atoms with Crippen LogP contribution in [-0.4, -0.2) is 37.1 Å². The van der Waals surface area contributed by atoms with E-state index in [2.05, 4.69) is 22.8 Å². The highest BCUT2D eigenvalue weighted by molar-refractivity contribution is 7.99. The van der Waals surface area contributed by atoms with Crippen molar-refractivity contribution in [1.82, 2.24) is 10.6 Å². The molecule has 5 heteroatoms. The van der Waals surface area contributed by atoms with Gasteiger partial charge in [0.15, 0.2) is 0 Å². The van der Waals surface area contributed by atoms with Crippen LogP contribution in [0.2, 0.25) is 0 Å². The first kappa shape index (κ1) is 15.2. The summed E-state index contributed by atoms with van der Waals surface area (Å²) in [6.45, 7) is 3.46. The fraction of sp³-hybridized carbons (Fsp3) is 0.533. The van der Waals surface area contributed by atoms with Crippen LogP contribution >= 0.6 is 11.8 Å². The molecule has 20 heavy (non-hydrogen) atoms. The minimum absolute atomic E-state index is 0.0688. The molecule has 0 radical (unpaired) electrons. The lowest BCUT2D eigenvalue weighted by molar-refractivity contribution is 0.0861. The summed E-state index contributed by atoms with van der Waals surface area (Å²) in [7, 11) is 0. The van der Waals surface area contributed by atoms with E-state index in [-0.39, 0.29) is 18.2 Å². The molecule has 0 bridgehead atoms. The Morgan fingerprint density at radius 2 is 2.25 bits per heavy atom. The average molecular weight is 294 g/mol. The van der Waals surface area contributed by atoms with Crippen molar-refractivity contribution in [2.45, 2.75) is 36.8 Å². The Morgan fingerprint density at radius 1 is 1.45 bits per heavy atom. The number of carbonyl (C=O) groups is 1. The Morgan fingerprint density at radius 3 is 2.95 bits per heavy atom. The van der Waals surface area contributed by atoms with Crippen molar-refractivity contribution in [2.75, 3.05) is 18.9 Å². The van der Waals surface area contributed by atoms with Crippen molar-refractivity contribution in [3.63, 3.8) is 0 Å². The summed E-state index contributed by atoms with van der Waals surface area (Å²) in [6, 6.07) is 10.1. The summed E-state index contributed by atoms with van der Waals surface area (Å²) in [5.74, 6) is 0.867. The smallest absolute Gasteiger partial charge is 0.315 e. The zero-order valence-electron chi connectivity index (χ0n) is 11.8. The lowest BCUT2D eigenvalue weighted by Crippen LogP contribution is -2.46. The maximum absolute atomic E-state index is 11.7. The van der Waals surface area contributed by atoms with Crippen LogP contribution in [0, 0.1) is 0 Å². The van der Waals surface area contributed by atoms with Gasteiger partial charge < -0.3 is 15.4 Å². The topological polar surface area (TPSA) is 50.4 Å². The first-order valence-electron chi connectivity index (χ1n) is 7.09. The van der Waals surface area contributed by atoms with Gasteiger partial charge in [-0.1, -0.05) is 18.2 Å². The van der Waals surface area contributed by atoms with Crippen molar-refractivity contribution in [3.8, 4) is 0 Å². The van der Waals surface area contributed by atoms with Crippen LogP contribution in [0.5, 0.6) is 0 Å². The van der Waals surface area contributed by atoms with Crippen molar-refractivity contribution >= 4 is 17.8 Å². The molecule has 0 aliphatic carbocycles. The number of rotatable bonds is 6. The zero-order chi connectivity index (χ0) is 14.2. The van der Waals surface area contributed by atoms with Gasteiger partial charge in [-0.05, 0) is 31.9 Å². The Balaban J connectivity index is 1.58. The van der Waals surface area contributed by atoms with E-state index in [1.807, 2.05) is 25.1 Å². The van der Waals surface area contributed by atoms with Gasteiger partial charge in [-0.25, -0.2) is 4.79 Å². The number of ether oxygens (including phenoxy) is 1. The van der Waals surface area contributed by atoms with Gasteiger partial charge in [-0.2, -0.15) is 0 Å². The summed E-state index contributed by atoms with van der Waals surface area (Å²) in [5.41, 5.74) is 0. The third-order valence-electron chi connectivity index (χ3n) is 3.28. The van der Waals surface area contributed by atoms with E-state index in [9.17, 15) is 4.79 Å². The molecule has 0 saturated carbocycles. The molecule has 1 heterocycles. The highest BCUT2D eigenvalue weighted by Crippen LogP contribution is 2.16. The fourth-order valence-corrected chi connectivity index (χ4v) is 2.99. The molecule has 0 spiro atoms. The summed E-state index contributed by atoms with van der Waals surface area (Å²) in [4.78, 5) is 13.0. The van der Waals surface area contributed by atoms with E-state index < -0.39 is 0 Å². The van der Waals surface area contributed by atoms with Crippen LogP contribution in [-0.2, 0) is 4.74 Å². The van der Waals surface area contributed by atoms with Gasteiger partial charge in [0.25, 0.3) is 0 Å². The standard InChI is InChI=1S/C15H22N2O2S/c1-12(14-8-5-10-19-14)17-15(18)16-9-11-20-13-6-3-2-4-7-13/h2-4,6-7,12,14H,5,8-11H2,1H3,(H2,16,17,18). The van der Waals surface area contributed by atoms with Crippen LogP contribution in [0.3, 0.4) is 0 Å². The molecule has 1 aliphatic rings. The van der Waals surface area contributed by atoms with Gasteiger partial charge in [0.05, 0.1) is 12.1 Å². The van der Waals surface area contributed by atoms with Gasteiger partial charge in [-0.15, -0.1) is 11.8 Å². The lowest BCUT2D eigenvalue weighted by atomic mass is 10.1. The molecule has 1 aromatic carbocycles. The summed E-state index contributed by atoms with van der Waals surface area (Å²) in [6.07, 6.45) is 2.29. The van der Waals surface area contributed by atoms with Gasteiger partial charge in [0.2, 0.25) is 0 Å². The van der Waals surface area contributed by atoms with Crippen LogP contribution in [0.4, 0.5) is 4.79 Å². The second-order valence-corrected chi connectivity index (χ2v) is 6.07. The second-order valence-electron chi connectivity index (χ2n) is 4.90. The molecule has 2 rings (SSSR count). The van der Waals surface area contributed by atoms with Crippen molar-refractivity contribution in [2.24, 2.45) is 0 Å². The third-order valence-corrected chi connectivity index (χ3v) is 4.29. The quantitative estimate of drug-likeness (QED) is 0.626. The SMILES string of the molecule is CC(NC(=O)NCCSc1ccccc1)C1CCCO1. The number of urea groups is 1. The second kappa shape index (κ2) is 8.17. The molecule has 1 saturated heterocycles. The number of thioether (sulfide) groups is 1. The molecular weight excluding hydrogens is 272 g/mol. The predicted octanol–water partition coefficient (Wildman–Crippen LogP) is 2.65. The van der Waals surface area contributed by atoms with Gasteiger partial charge in [-0.3, -0.25) is 0 Å². The highest BCUT2D eigenvalue weighted by Gasteiger charge is 2.23. The molecule has 2 N–H and O–H groups in total. The Bertz CT molecular complexity index is 408. The van der Waals surface area contributed by atoms with Crippen molar-refractivity contribution < 1.29 is 9.53 Å². The Kier molecular flexibility index (Phi) is 6.21. The largest absolute Gasteiger partial charge is 0.376 e. The van der Waals surface area contributed by atoms with Crippen LogP contribution < -0.4 is 10.6 Å². The first-order valence-corrected chi connectivity index (χ1v) is 8.08. The van der Waals surface area contributed by atoms with Gasteiger partial charge >= 0.3 is 6.03 Å². The highest BCUT2D eigenvalue weighted by atomic mass is 32.2. The zero-order valence-corrected chi connectivity index (χ0v) is 12.6. The van der Waals surface area contributed by atoms with E-state index in [0.717, 1.165) is 25.2 Å². The molecule has 1 fully saturated rings. The van der Waals surface area contributed by atoms with E-state index in [1.54, 1.807) is 11.8 Å². The number of benzene rings is 1. The van der Waals surface area contributed by atoms with Crippen LogP contribution in [0.25, 0.3) is 0 Å². The summed E-state index contributed by atoms with van der Waals surface area (Å²) in [5, 5.41) is 5.82. The van der Waals surface area contributed by atoms with Crippen LogP contribution in [0.15, 0.2) is 35.2 Å². The molecule has 4 nitrogen and oxygen atoms in total. The normalized spacial score (nSPS) is 19.6. The van der Waals surface area contributed by atoms with Gasteiger partial charge in [0.1, 0.15) is 0 Å². The third kappa shape index (κ3) is 5.06. The van der Waals surface area contributed by atoms with Gasteiger partial charge in [0, 0.05) is 23.8 Å². The Hall–Kier alpha value is -1.20. The van der Waals surface area contributed by atoms with E-state index in [4.69, 9.17) is 4.74 Å². The molecular formula is C15H22N2O2S. The number of nitrogens with one attached hydrogen (secondary N) is 2. The molecule has 2 unspecified atom stereocenters. The first-order chi connectivity index (χ1) is 9.75. The van der Waals surface area contributed by atoms with E-state index in [0.29, 0.717) is 6.54 Å².